The van der Waals surface area contributed by atoms with E-state index in [1.54, 1.807) is 0 Å². The van der Waals surface area contributed by atoms with Gasteiger partial charge in [0.2, 0.25) is 0 Å². The summed E-state index contributed by atoms with van der Waals surface area (Å²) in [5, 5.41) is 7.00. The molecule has 0 aliphatic carbocycles. The molecule has 0 amide bonds. The van der Waals surface area contributed by atoms with Gasteiger partial charge < -0.3 is 9.90 Å². The lowest BCUT2D eigenvalue weighted by atomic mass is 10.1. The molecule has 0 saturated carbocycles. The normalized spacial score (nSPS) is 8.62. The van der Waals surface area contributed by atoms with Crippen LogP contribution in [-0.2, 0) is 11.2 Å². The van der Waals surface area contributed by atoms with Gasteiger partial charge in [0.15, 0.2) is 0 Å². The lowest BCUT2D eigenvalue weighted by molar-refractivity contribution is -0.107. The molecule has 1 aromatic carbocycles. The molecule has 0 aliphatic rings. The van der Waals surface area contributed by atoms with Gasteiger partial charge in [-0.1, -0.05) is 18.2 Å². The van der Waals surface area contributed by atoms with Crippen molar-refractivity contribution >= 4 is 6.29 Å². The van der Waals surface area contributed by atoms with Gasteiger partial charge in [-0.15, -0.1) is 0 Å². The fraction of sp³-hybridized carbons (Fsp3) is 0.364. The van der Waals surface area contributed by atoms with Crippen molar-refractivity contribution in [1.82, 2.24) is 0 Å². The zero-order chi connectivity index (χ0) is 10.3. The summed E-state index contributed by atoms with van der Waals surface area (Å²) in [4.78, 5) is 10.2. The van der Waals surface area contributed by atoms with Crippen LogP contribution in [0.5, 0.6) is 0 Å². The summed E-state index contributed by atoms with van der Waals surface area (Å²) in [6.45, 7) is 4.13. The van der Waals surface area contributed by atoms with Crippen molar-refractivity contribution < 1.29 is 9.90 Å². The smallest absolute Gasteiger partial charge is 0.124 e. The van der Waals surface area contributed by atoms with E-state index in [2.05, 4.69) is 19.9 Å². The molecular formula is C11H16O2. The highest BCUT2D eigenvalue weighted by molar-refractivity contribution is 5.55. The van der Waals surface area contributed by atoms with Crippen LogP contribution in [0, 0.1) is 13.8 Å². The molecule has 1 rings (SSSR count). The summed E-state index contributed by atoms with van der Waals surface area (Å²) in [5.41, 5.74) is 3.63. The maximum absolute atomic E-state index is 10.2. The first-order chi connectivity index (χ1) is 6.24. The molecule has 1 aromatic rings. The molecule has 0 saturated heterocycles. The van der Waals surface area contributed by atoms with E-state index in [9.17, 15) is 4.79 Å². The summed E-state index contributed by atoms with van der Waals surface area (Å²) >= 11 is 0. The quantitative estimate of drug-likeness (QED) is 0.703. The fourth-order valence-electron chi connectivity index (χ4n) is 1.03. The first kappa shape index (κ1) is 11.8. The number of aldehydes is 1. The van der Waals surface area contributed by atoms with Crippen molar-refractivity contribution in [2.75, 3.05) is 7.11 Å². The van der Waals surface area contributed by atoms with Crippen LogP contribution < -0.4 is 0 Å². The van der Waals surface area contributed by atoms with Gasteiger partial charge in [0.05, 0.1) is 0 Å². The minimum Gasteiger partial charge on any atom is -0.400 e. The van der Waals surface area contributed by atoms with Crippen molar-refractivity contribution in [3.8, 4) is 0 Å². The number of hydrogen-bond acceptors (Lipinski definition) is 2. The number of aliphatic hydroxyl groups excluding tert-OH is 1. The van der Waals surface area contributed by atoms with Gasteiger partial charge in [0.25, 0.3) is 0 Å². The van der Waals surface area contributed by atoms with Crippen molar-refractivity contribution in [3.05, 3.63) is 34.9 Å². The van der Waals surface area contributed by atoms with Crippen LogP contribution in [0.4, 0.5) is 0 Å². The number of hydrogen-bond donors (Lipinski definition) is 1. The highest BCUT2D eigenvalue weighted by atomic mass is 16.2. The molecule has 2 heteroatoms. The average Bonchev–Trinajstić information content (AvgIpc) is 2.15. The minimum absolute atomic E-state index is 0.529. The lowest BCUT2D eigenvalue weighted by Gasteiger charge is -2.00. The van der Waals surface area contributed by atoms with Crippen molar-refractivity contribution in [1.29, 1.82) is 0 Å². The summed E-state index contributed by atoms with van der Waals surface area (Å²) in [5.74, 6) is 0. The Labute approximate surface area is 79.2 Å². The predicted octanol–water partition coefficient (Wildman–Crippen LogP) is 1.65. The van der Waals surface area contributed by atoms with Crippen LogP contribution in [0.1, 0.15) is 16.7 Å². The molecule has 72 valence electrons. The number of aliphatic hydroxyl groups is 1. The van der Waals surface area contributed by atoms with Gasteiger partial charge in [-0.05, 0) is 30.5 Å². The Morgan fingerprint density at radius 3 is 2.31 bits per heavy atom. The molecule has 0 fully saturated rings. The van der Waals surface area contributed by atoms with Crippen molar-refractivity contribution in [3.63, 3.8) is 0 Å². The van der Waals surface area contributed by atoms with Crippen molar-refractivity contribution in [2.45, 2.75) is 20.3 Å². The van der Waals surface area contributed by atoms with E-state index < -0.39 is 0 Å². The largest absolute Gasteiger partial charge is 0.400 e. The van der Waals surface area contributed by atoms with Crippen LogP contribution in [-0.4, -0.2) is 18.5 Å². The summed E-state index contributed by atoms with van der Waals surface area (Å²) in [7, 11) is 1.00. The molecule has 0 aliphatic heterocycles. The topological polar surface area (TPSA) is 37.3 Å². The Morgan fingerprint density at radius 2 is 1.85 bits per heavy atom. The molecule has 0 atom stereocenters. The molecule has 13 heavy (non-hydrogen) atoms. The van der Waals surface area contributed by atoms with Gasteiger partial charge in [0.1, 0.15) is 6.29 Å². The van der Waals surface area contributed by atoms with Gasteiger partial charge >= 0.3 is 0 Å². The SMILES string of the molecule is CO.Cc1ccc(CC=O)cc1C. The third kappa shape index (κ3) is 3.85. The third-order valence-electron chi connectivity index (χ3n) is 1.89. The Balaban J connectivity index is 0.000000671. The molecular weight excluding hydrogens is 164 g/mol. The van der Waals surface area contributed by atoms with Crippen LogP contribution >= 0.6 is 0 Å². The molecule has 0 bridgehead atoms. The summed E-state index contributed by atoms with van der Waals surface area (Å²) in [6.07, 6.45) is 1.46. The number of carbonyl (C=O) groups is 1. The van der Waals surface area contributed by atoms with E-state index in [0.717, 1.165) is 19.0 Å². The third-order valence-corrected chi connectivity index (χ3v) is 1.89. The molecule has 0 aromatic heterocycles. The van der Waals surface area contributed by atoms with Crippen molar-refractivity contribution in [2.24, 2.45) is 0 Å². The number of carbonyl (C=O) groups excluding carboxylic acids is 1. The van der Waals surface area contributed by atoms with Crippen LogP contribution in [0.25, 0.3) is 0 Å². The molecule has 0 spiro atoms. The monoisotopic (exact) mass is 180 g/mol. The lowest BCUT2D eigenvalue weighted by Crippen LogP contribution is -1.88. The second-order valence-corrected chi connectivity index (χ2v) is 2.79. The van der Waals surface area contributed by atoms with Gasteiger partial charge in [-0.2, -0.15) is 0 Å². The predicted molar refractivity (Wildman–Crippen MR) is 53.8 cm³/mol. The Hall–Kier alpha value is -1.15. The Kier molecular flexibility index (Phi) is 5.81. The Morgan fingerprint density at radius 1 is 1.23 bits per heavy atom. The second-order valence-electron chi connectivity index (χ2n) is 2.79. The van der Waals surface area contributed by atoms with E-state index in [1.165, 1.54) is 11.1 Å². The zero-order valence-electron chi connectivity index (χ0n) is 8.37. The maximum Gasteiger partial charge on any atom is 0.124 e. The van der Waals surface area contributed by atoms with Gasteiger partial charge in [-0.25, -0.2) is 0 Å². The molecule has 0 heterocycles. The minimum atomic E-state index is 0.529. The molecule has 1 N–H and O–H groups in total. The summed E-state index contributed by atoms with van der Waals surface area (Å²) < 4.78 is 0. The van der Waals surface area contributed by atoms with E-state index in [4.69, 9.17) is 5.11 Å². The van der Waals surface area contributed by atoms with Crippen LogP contribution in [0.2, 0.25) is 0 Å². The Bertz CT molecular complexity index is 267. The number of benzene rings is 1. The van der Waals surface area contributed by atoms with E-state index in [-0.39, 0.29) is 0 Å². The number of aryl methyl sites for hydroxylation is 2. The molecule has 2 nitrogen and oxygen atoms in total. The number of rotatable bonds is 2. The first-order valence-electron chi connectivity index (χ1n) is 4.18. The van der Waals surface area contributed by atoms with E-state index in [0.29, 0.717) is 6.42 Å². The fourth-order valence-corrected chi connectivity index (χ4v) is 1.03. The van der Waals surface area contributed by atoms with E-state index >= 15 is 0 Å². The molecule has 0 unspecified atom stereocenters. The average molecular weight is 180 g/mol. The summed E-state index contributed by atoms with van der Waals surface area (Å²) in [6, 6.07) is 6.11. The van der Waals surface area contributed by atoms with Gasteiger partial charge in [0, 0.05) is 13.5 Å². The first-order valence-corrected chi connectivity index (χ1v) is 4.18. The molecule has 0 radical (unpaired) electrons. The van der Waals surface area contributed by atoms with Crippen LogP contribution in [0.15, 0.2) is 18.2 Å². The van der Waals surface area contributed by atoms with Gasteiger partial charge in [-0.3, -0.25) is 0 Å². The standard InChI is InChI=1S/C10H12O.CH4O/c1-8-3-4-10(5-6-11)7-9(8)2;1-2/h3-4,6-7H,5H2,1-2H3;2H,1H3. The van der Waals surface area contributed by atoms with Crippen LogP contribution in [0.3, 0.4) is 0 Å². The van der Waals surface area contributed by atoms with E-state index in [1.807, 2.05) is 12.1 Å². The maximum atomic E-state index is 10.2. The zero-order valence-corrected chi connectivity index (χ0v) is 8.37. The second kappa shape index (κ2) is 6.38. The highest BCUT2D eigenvalue weighted by Crippen LogP contribution is 2.09. The highest BCUT2D eigenvalue weighted by Gasteiger charge is 1.94.